The molecule has 0 spiro atoms. The van der Waals surface area contributed by atoms with Crippen LogP contribution in [0.5, 0.6) is 5.75 Å². The second-order valence-corrected chi connectivity index (χ2v) is 4.12. The fourth-order valence-corrected chi connectivity index (χ4v) is 1.66. The first-order valence-corrected chi connectivity index (χ1v) is 5.47. The van der Waals surface area contributed by atoms with Gasteiger partial charge in [-0.2, -0.15) is 0 Å². The van der Waals surface area contributed by atoms with Crippen molar-refractivity contribution in [3.05, 3.63) is 34.7 Å². The molecule has 1 aromatic heterocycles. The number of ether oxygens (including phenoxy) is 1. The summed E-state index contributed by atoms with van der Waals surface area (Å²) in [6.45, 7) is 0.0690. The molecule has 2 N–H and O–H groups in total. The zero-order valence-corrected chi connectivity index (χ0v) is 9.56. The van der Waals surface area contributed by atoms with E-state index in [0.717, 1.165) is 11.5 Å². The highest BCUT2D eigenvalue weighted by molar-refractivity contribution is 7.09. The van der Waals surface area contributed by atoms with Crippen molar-refractivity contribution in [3.8, 4) is 5.75 Å². The van der Waals surface area contributed by atoms with Gasteiger partial charge in [-0.3, -0.25) is 0 Å². The van der Waals surface area contributed by atoms with E-state index in [9.17, 15) is 4.39 Å². The number of nitrogens with two attached hydrogens (primary N) is 1. The number of halogens is 2. The number of hydrogen-bond acceptors (Lipinski definition) is 5. The van der Waals surface area contributed by atoms with Crippen LogP contribution in [0.4, 0.5) is 9.39 Å². The molecule has 0 bridgehead atoms. The molecule has 84 valence electrons. The summed E-state index contributed by atoms with van der Waals surface area (Å²) < 4.78 is 22.3. The van der Waals surface area contributed by atoms with Crippen molar-refractivity contribution in [3.63, 3.8) is 0 Å². The fraction of sp³-hybridized carbons (Fsp3) is 0.111. The smallest absolute Gasteiger partial charge is 0.183 e. The summed E-state index contributed by atoms with van der Waals surface area (Å²) in [5, 5.41) is 4.22. The highest BCUT2D eigenvalue weighted by atomic mass is 35.5. The molecule has 0 unspecified atom stereocenters. The molecule has 0 amide bonds. The molecule has 1 heterocycles. The van der Waals surface area contributed by atoms with Gasteiger partial charge in [0.2, 0.25) is 0 Å². The minimum Gasteiger partial charge on any atom is -0.484 e. The Morgan fingerprint density at radius 3 is 3.00 bits per heavy atom. The summed E-state index contributed by atoms with van der Waals surface area (Å²) in [6.07, 6.45) is 0. The molecule has 0 radical (unpaired) electrons. The third-order valence-electron chi connectivity index (χ3n) is 1.87. The molecule has 0 fully saturated rings. The minimum atomic E-state index is -0.592. The van der Waals surface area contributed by atoms with Crippen molar-refractivity contribution in [1.82, 2.24) is 9.59 Å². The number of benzene rings is 1. The van der Waals surface area contributed by atoms with E-state index in [1.54, 1.807) is 6.07 Å². The van der Waals surface area contributed by atoms with Crippen LogP contribution in [-0.4, -0.2) is 9.59 Å². The average Bonchev–Trinajstić information content (AvgIpc) is 2.67. The minimum absolute atomic E-state index is 0.0156. The first kappa shape index (κ1) is 11.1. The van der Waals surface area contributed by atoms with Gasteiger partial charge in [0, 0.05) is 11.5 Å². The zero-order chi connectivity index (χ0) is 11.5. The predicted molar refractivity (Wildman–Crippen MR) is 60.1 cm³/mol. The number of anilines is 1. The molecule has 0 aliphatic carbocycles. The topological polar surface area (TPSA) is 61.0 Å². The maximum atomic E-state index is 13.4. The number of nitrogens with zero attached hydrogens (tertiary/aromatic N) is 2. The molecule has 0 atom stereocenters. The van der Waals surface area contributed by atoms with Gasteiger partial charge in [0.25, 0.3) is 0 Å². The number of aromatic nitrogens is 2. The van der Waals surface area contributed by atoms with E-state index in [4.69, 9.17) is 22.1 Å². The van der Waals surface area contributed by atoms with Gasteiger partial charge in [-0.15, -0.1) is 5.10 Å². The molecule has 16 heavy (non-hydrogen) atoms. The van der Waals surface area contributed by atoms with Crippen molar-refractivity contribution < 1.29 is 9.13 Å². The molecule has 2 rings (SSSR count). The lowest BCUT2D eigenvalue weighted by Crippen LogP contribution is -2.00. The van der Waals surface area contributed by atoms with E-state index >= 15 is 0 Å². The van der Waals surface area contributed by atoms with Crippen LogP contribution in [0.15, 0.2) is 18.2 Å². The van der Waals surface area contributed by atoms with Crippen LogP contribution in [0.3, 0.4) is 0 Å². The highest BCUT2D eigenvalue weighted by Gasteiger charge is 2.10. The van der Waals surface area contributed by atoms with Crippen molar-refractivity contribution in [2.24, 2.45) is 0 Å². The van der Waals surface area contributed by atoms with E-state index in [2.05, 4.69) is 9.59 Å². The first-order valence-electron chi connectivity index (χ1n) is 4.32. The van der Waals surface area contributed by atoms with Gasteiger partial charge in [0.05, 0.1) is 5.02 Å². The third-order valence-corrected chi connectivity index (χ3v) is 2.75. The molecule has 4 nitrogen and oxygen atoms in total. The first-order chi connectivity index (χ1) is 7.68. The monoisotopic (exact) mass is 259 g/mol. The molecule has 7 heteroatoms. The summed E-state index contributed by atoms with van der Waals surface area (Å²) in [6, 6.07) is 4.53. The Kier molecular flexibility index (Phi) is 3.21. The van der Waals surface area contributed by atoms with Crippen molar-refractivity contribution in [2.75, 3.05) is 5.73 Å². The van der Waals surface area contributed by atoms with Crippen LogP contribution < -0.4 is 10.5 Å². The van der Waals surface area contributed by atoms with Crippen molar-refractivity contribution in [1.29, 1.82) is 0 Å². The molecule has 1 aromatic carbocycles. The number of hydrogen-bond donors (Lipinski definition) is 1. The van der Waals surface area contributed by atoms with Gasteiger partial charge in [-0.25, -0.2) is 4.39 Å². The zero-order valence-electron chi connectivity index (χ0n) is 7.98. The second-order valence-electron chi connectivity index (χ2n) is 2.92. The maximum absolute atomic E-state index is 13.4. The Morgan fingerprint density at radius 2 is 2.31 bits per heavy atom. The Hall–Kier alpha value is -1.40. The largest absolute Gasteiger partial charge is 0.484 e. The predicted octanol–water partition coefficient (Wildman–Crippen LogP) is 2.49. The Bertz CT molecular complexity index is 505. The van der Waals surface area contributed by atoms with Crippen LogP contribution in [0.1, 0.15) is 5.69 Å². The Morgan fingerprint density at radius 1 is 1.50 bits per heavy atom. The van der Waals surface area contributed by atoms with Crippen LogP contribution in [0.25, 0.3) is 0 Å². The summed E-state index contributed by atoms with van der Waals surface area (Å²) in [4.78, 5) is 0. The van der Waals surface area contributed by atoms with Crippen molar-refractivity contribution >= 4 is 28.1 Å². The Labute approximate surface area is 100.0 Å². The van der Waals surface area contributed by atoms with E-state index in [1.807, 2.05) is 0 Å². The van der Waals surface area contributed by atoms with E-state index in [1.165, 1.54) is 12.1 Å². The van der Waals surface area contributed by atoms with Crippen LogP contribution in [-0.2, 0) is 6.61 Å². The van der Waals surface area contributed by atoms with E-state index in [-0.39, 0.29) is 17.4 Å². The van der Waals surface area contributed by atoms with Gasteiger partial charge in [0.1, 0.15) is 17.3 Å². The van der Waals surface area contributed by atoms with Crippen LogP contribution in [0.2, 0.25) is 5.02 Å². The SMILES string of the molecule is Nc1snnc1COc1cccc(Cl)c1F. The van der Waals surface area contributed by atoms with Gasteiger partial charge in [0.15, 0.2) is 11.6 Å². The standard InChI is InChI=1S/C9H7ClFN3OS/c10-5-2-1-3-7(8(5)11)15-4-6-9(12)16-14-13-6/h1-3H,4,12H2. The lowest BCUT2D eigenvalue weighted by molar-refractivity contribution is 0.286. The Balaban J connectivity index is 2.11. The number of nitrogen functional groups attached to an aromatic ring is 1. The molecular formula is C9H7ClFN3OS. The second kappa shape index (κ2) is 4.63. The van der Waals surface area contributed by atoms with Gasteiger partial charge in [-0.1, -0.05) is 22.2 Å². The normalized spacial score (nSPS) is 10.4. The summed E-state index contributed by atoms with van der Waals surface area (Å²) in [5.74, 6) is -0.522. The van der Waals surface area contributed by atoms with Crippen molar-refractivity contribution in [2.45, 2.75) is 6.61 Å². The fourth-order valence-electron chi connectivity index (χ4n) is 1.06. The summed E-state index contributed by atoms with van der Waals surface area (Å²) >= 11 is 6.66. The van der Waals surface area contributed by atoms with Crippen LogP contribution in [0, 0.1) is 5.82 Å². The average molecular weight is 260 g/mol. The molecule has 0 aliphatic rings. The van der Waals surface area contributed by atoms with Gasteiger partial charge in [-0.05, 0) is 12.1 Å². The summed E-state index contributed by atoms with van der Waals surface area (Å²) in [5.41, 5.74) is 6.06. The molecule has 0 saturated heterocycles. The highest BCUT2D eigenvalue weighted by Crippen LogP contribution is 2.25. The third kappa shape index (κ3) is 2.23. The number of rotatable bonds is 3. The maximum Gasteiger partial charge on any atom is 0.183 e. The lowest BCUT2D eigenvalue weighted by atomic mass is 10.3. The molecule has 0 aliphatic heterocycles. The molecule has 2 aromatic rings. The molecule has 0 saturated carbocycles. The molecular weight excluding hydrogens is 253 g/mol. The quantitative estimate of drug-likeness (QED) is 0.920. The summed E-state index contributed by atoms with van der Waals surface area (Å²) in [7, 11) is 0. The van der Waals surface area contributed by atoms with E-state index < -0.39 is 5.82 Å². The van der Waals surface area contributed by atoms with Crippen LogP contribution >= 0.6 is 23.1 Å². The lowest BCUT2D eigenvalue weighted by Gasteiger charge is -2.06. The van der Waals surface area contributed by atoms with Gasteiger partial charge >= 0.3 is 0 Å². The van der Waals surface area contributed by atoms with E-state index in [0.29, 0.717) is 10.7 Å². The van der Waals surface area contributed by atoms with Gasteiger partial charge < -0.3 is 10.5 Å².